The summed E-state index contributed by atoms with van der Waals surface area (Å²) in [6.45, 7) is 0. The maximum Gasteiger partial charge on any atom is 0.0867 e. The number of allylic oxidation sites excluding steroid dienone is 2. The van der Waals surface area contributed by atoms with Gasteiger partial charge < -0.3 is 28.7 Å². The molecule has 5 nitrogen and oxygen atoms in total. The predicted octanol–water partition coefficient (Wildman–Crippen LogP) is 2.08. The molecule has 3 rings (SSSR count). The van der Waals surface area contributed by atoms with Gasteiger partial charge in [-0.3, -0.25) is 0 Å². The monoisotopic (exact) mass is 309 g/mol. The van der Waals surface area contributed by atoms with E-state index in [9.17, 15) is 0 Å². The second-order valence-electron chi connectivity index (χ2n) is 5.56. The standard InChI is InChI=1S/C12H16N4.C6H7N/c13-10-2-1-9(7-11(10)14)8-3-5-12(15,16)6-4-8;7-6-4-2-1-3-5-6/h1-5,7H,6,13-16H2;1-5H,7H2. The van der Waals surface area contributed by atoms with E-state index in [0.717, 1.165) is 16.8 Å². The lowest BCUT2D eigenvalue weighted by Gasteiger charge is -2.22. The molecule has 0 unspecified atom stereocenters. The molecule has 0 radical (unpaired) electrons. The molecule has 2 aromatic rings. The van der Waals surface area contributed by atoms with E-state index in [1.54, 1.807) is 12.1 Å². The second-order valence-corrected chi connectivity index (χ2v) is 5.56. The average Bonchev–Trinajstić information content (AvgIpc) is 2.52. The maximum atomic E-state index is 5.77. The third-order valence-corrected chi connectivity index (χ3v) is 3.47. The van der Waals surface area contributed by atoms with Crippen molar-refractivity contribution in [2.75, 3.05) is 17.2 Å². The highest BCUT2D eigenvalue weighted by Gasteiger charge is 2.17. The van der Waals surface area contributed by atoms with Crippen LogP contribution in [0, 0.1) is 0 Å². The average molecular weight is 309 g/mol. The van der Waals surface area contributed by atoms with E-state index >= 15 is 0 Å². The Bertz CT molecular complexity index is 717. The number of nitrogens with two attached hydrogens (primary N) is 5. The summed E-state index contributed by atoms with van der Waals surface area (Å²) in [5.74, 6) is 0. The molecule has 5 heteroatoms. The van der Waals surface area contributed by atoms with Crippen LogP contribution in [-0.2, 0) is 0 Å². The van der Waals surface area contributed by atoms with E-state index in [0.29, 0.717) is 17.8 Å². The van der Waals surface area contributed by atoms with Gasteiger partial charge >= 0.3 is 0 Å². The van der Waals surface area contributed by atoms with Gasteiger partial charge in [-0.2, -0.15) is 0 Å². The fourth-order valence-corrected chi connectivity index (χ4v) is 2.09. The van der Waals surface area contributed by atoms with Crippen molar-refractivity contribution in [3.63, 3.8) is 0 Å². The number of hydrogen-bond acceptors (Lipinski definition) is 5. The van der Waals surface area contributed by atoms with Crippen LogP contribution in [-0.4, -0.2) is 5.66 Å². The quantitative estimate of drug-likeness (QED) is 0.406. The molecule has 23 heavy (non-hydrogen) atoms. The molecule has 10 N–H and O–H groups in total. The van der Waals surface area contributed by atoms with Crippen LogP contribution in [0.3, 0.4) is 0 Å². The summed E-state index contributed by atoms with van der Waals surface area (Å²) in [5.41, 5.74) is 31.7. The van der Waals surface area contributed by atoms with Crippen molar-refractivity contribution in [2.45, 2.75) is 12.1 Å². The summed E-state index contributed by atoms with van der Waals surface area (Å²) in [7, 11) is 0. The summed E-state index contributed by atoms with van der Waals surface area (Å²) in [5, 5.41) is 0. The van der Waals surface area contributed by atoms with Crippen molar-refractivity contribution < 1.29 is 0 Å². The van der Waals surface area contributed by atoms with Crippen LogP contribution in [0.1, 0.15) is 12.0 Å². The number of hydrogen-bond donors (Lipinski definition) is 5. The van der Waals surface area contributed by atoms with Crippen molar-refractivity contribution >= 4 is 22.6 Å². The number of nitrogen functional groups attached to an aromatic ring is 3. The van der Waals surface area contributed by atoms with Crippen molar-refractivity contribution in [2.24, 2.45) is 11.5 Å². The minimum Gasteiger partial charge on any atom is -0.399 e. The zero-order valence-corrected chi connectivity index (χ0v) is 12.9. The Morgan fingerprint density at radius 2 is 1.52 bits per heavy atom. The Morgan fingerprint density at radius 1 is 0.826 bits per heavy atom. The Morgan fingerprint density at radius 3 is 2.00 bits per heavy atom. The molecule has 0 bridgehead atoms. The minimum atomic E-state index is -0.733. The summed E-state index contributed by atoms with van der Waals surface area (Å²) >= 11 is 0. The molecule has 0 amide bonds. The van der Waals surface area contributed by atoms with Gasteiger partial charge in [0, 0.05) is 12.1 Å². The fraction of sp³-hybridized carbons (Fsp3) is 0.111. The molecule has 1 aliphatic carbocycles. The Hall–Kier alpha value is -2.76. The third-order valence-electron chi connectivity index (χ3n) is 3.47. The largest absolute Gasteiger partial charge is 0.399 e. The highest BCUT2D eigenvalue weighted by atomic mass is 14.9. The van der Waals surface area contributed by atoms with Crippen LogP contribution >= 0.6 is 0 Å². The molecule has 0 heterocycles. The van der Waals surface area contributed by atoms with Crippen LogP contribution in [0.2, 0.25) is 0 Å². The Balaban J connectivity index is 0.000000229. The molecule has 0 aromatic heterocycles. The van der Waals surface area contributed by atoms with Gasteiger partial charge in [-0.15, -0.1) is 0 Å². The lowest BCUT2D eigenvalue weighted by atomic mass is 9.94. The highest BCUT2D eigenvalue weighted by Crippen LogP contribution is 2.26. The fourth-order valence-electron chi connectivity index (χ4n) is 2.09. The Kier molecular flexibility index (Phi) is 5.05. The molecule has 0 saturated carbocycles. The first-order chi connectivity index (χ1) is 10.9. The van der Waals surface area contributed by atoms with E-state index in [2.05, 4.69) is 0 Å². The predicted molar refractivity (Wildman–Crippen MR) is 99.0 cm³/mol. The molecule has 0 spiro atoms. The summed E-state index contributed by atoms with van der Waals surface area (Å²) < 4.78 is 0. The number of rotatable bonds is 1. The molecule has 0 aliphatic heterocycles. The molecular weight excluding hydrogens is 286 g/mol. The van der Waals surface area contributed by atoms with Crippen LogP contribution in [0.25, 0.3) is 5.57 Å². The second kappa shape index (κ2) is 7.00. The van der Waals surface area contributed by atoms with Crippen molar-refractivity contribution in [3.8, 4) is 0 Å². The Labute approximate surface area is 136 Å². The van der Waals surface area contributed by atoms with Crippen LogP contribution in [0.4, 0.5) is 17.1 Å². The highest BCUT2D eigenvalue weighted by molar-refractivity contribution is 5.79. The number of benzene rings is 2. The first-order valence-corrected chi connectivity index (χ1v) is 7.30. The van der Waals surface area contributed by atoms with Gasteiger partial charge in [0.05, 0.1) is 17.0 Å². The van der Waals surface area contributed by atoms with Gasteiger partial charge in [0.15, 0.2) is 0 Å². The lowest BCUT2D eigenvalue weighted by Crippen LogP contribution is -2.47. The number of para-hydroxylation sites is 1. The normalized spacial score (nSPS) is 15.3. The topological polar surface area (TPSA) is 130 Å². The molecule has 120 valence electrons. The molecule has 0 fully saturated rings. The van der Waals surface area contributed by atoms with E-state index in [4.69, 9.17) is 28.7 Å². The van der Waals surface area contributed by atoms with Crippen LogP contribution in [0.15, 0.2) is 66.8 Å². The molecule has 0 atom stereocenters. The van der Waals surface area contributed by atoms with Gasteiger partial charge in [0.25, 0.3) is 0 Å². The first-order valence-electron chi connectivity index (χ1n) is 7.30. The van der Waals surface area contributed by atoms with E-state index < -0.39 is 5.66 Å². The maximum absolute atomic E-state index is 5.77. The van der Waals surface area contributed by atoms with Crippen LogP contribution in [0.5, 0.6) is 0 Å². The third kappa shape index (κ3) is 4.88. The van der Waals surface area contributed by atoms with E-state index in [1.807, 2.05) is 54.6 Å². The summed E-state index contributed by atoms with van der Waals surface area (Å²) in [6, 6.07) is 15.1. The summed E-state index contributed by atoms with van der Waals surface area (Å²) in [4.78, 5) is 0. The van der Waals surface area contributed by atoms with Gasteiger partial charge in [0.1, 0.15) is 0 Å². The lowest BCUT2D eigenvalue weighted by molar-refractivity contribution is 0.559. The van der Waals surface area contributed by atoms with Gasteiger partial charge in [-0.1, -0.05) is 36.4 Å². The zero-order chi connectivity index (χ0) is 16.9. The molecule has 1 aliphatic rings. The van der Waals surface area contributed by atoms with Crippen molar-refractivity contribution in [3.05, 3.63) is 72.3 Å². The molecule has 2 aromatic carbocycles. The minimum absolute atomic E-state index is 0.587. The smallest absolute Gasteiger partial charge is 0.0867 e. The number of anilines is 3. The molecular formula is C18H23N5. The summed E-state index contributed by atoms with van der Waals surface area (Å²) in [6.07, 6.45) is 6.33. The SMILES string of the molecule is Nc1ccc(C2=CCC(N)(N)C=C2)cc1N.Nc1ccccc1. The first kappa shape index (κ1) is 16.6. The van der Waals surface area contributed by atoms with Gasteiger partial charge in [-0.05, 0) is 41.5 Å². The van der Waals surface area contributed by atoms with Gasteiger partial charge in [0.2, 0.25) is 0 Å². The van der Waals surface area contributed by atoms with E-state index in [-0.39, 0.29) is 0 Å². The van der Waals surface area contributed by atoms with Crippen LogP contribution < -0.4 is 28.7 Å². The van der Waals surface area contributed by atoms with E-state index in [1.165, 1.54) is 0 Å². The van der Waals surface area contributed by atoms with Crippen molar-refractivity contribution in [1.29, 1.82) is 0 Å². The van der Waals surface area contributed by atoms with Gasteiger partial charge in [-0.25, -0.2) is 0 Å². The van der Waals surface area contributed by atoms with Crippen molar-refractivity contribution in [1.82, 2.24) is 0 Å². The zero-order valence-electron chi connectivity index (χ0n) is 12.9. The molecule has 0 saturated heterocycles.